The van der Waals surface area contributed by atoms with Gasteiger partial charge in [-0.05, 0) is 25.8 Å². The van der Waals surface area contributed by atoms with Crippen LogP contribution in [0.5, 0.6) is 0 Å². The van der Waals surface area contributed by atoms with E-state index in [-0.39, 0.29) is 11.9 Å². The fourth-order valence-electron chi connectivity index (χ4n) is 2.72. The number of aromatic nitrogens is 3. The Morgan fingerprint density at radius 3 is 2.82 bits per heavy atom. The summed E-state index contributed by atoms with van der Waals surface area (Å²) in [6.45, 7) is 5.11. The zero-order valence-electron chi connectivity index (χ0n) is 12.7. The first-order valence-electron chi connectivity index (χ1n) is 7.40. The zero-order chi connectivity index (χ0) is 15.5. The smallest absolute Gasteiger partial charge is 0.289 e. The molecule has 0 aromatic carbocycles. The van der Waals surface area contributed by atoms with Crippen molar-refractivity contribution in [2.45, 2.75) is 32.7 Å². The lowest BCUT2D eigenvalue weighted by Gasteiger charge is -2.32. The highest BCUT2D eigenvalue weighted by molar-refractivity contribution is 5.92. The van der Waals surface area contributed by atoms with E-state index in [1.165, 1.54) is 0 Å². The summed E-state index contributed by atoms with van der Waals surface area (Å²) in [6.07, 6.45) is 5.37. The van der Waals surface area contributed by atoms with E-state index in [2.05, 4.69) is 25.2 Å². The number of carbonyl (C=O) groups is 1. The van der Waals surface area contributed by atoms with Crippen LogP contribution in [0.2, 0.25) is 0 Å². The Bertz CT molecular complexity index is 655. The van der Waals surface area contributed by atoms with Crippen molar-refractivity contribution in [2.75, 3.05) is 18.0 Å². The molecular formula is C15H19N5O2. The summed E-state index contributed by atoms with van der Waals surface area (Å²) in [4.78, 5) is 27.0. The van der Waals surface area contributed by atoms with Crippen molar-refractivity contribution in [1.82, 2.24) is 20.3 Å². The normalized spacial score (nSPS) is 18.3. The third-order valence-electron chi connectivity index (χ3n) is 3.70. The lowest BCUT2D eigenvalue weighted by molar-refractivity contribution is 0.0902. The predicted octanol–water partition coefficient (Wildman–Crippen LogP) is 1.48. The number of anilines is 1. The predicted molar refractivity (Wildman–Crippen MR) is 80.7 cm³/mol. The molecule has 1 amide bonds. The van der Waals surface area contributed by atoms with Crippen LogP contribution < -0.4 is 10.2 Å². The van der Waals surface area contributed by atoms with Crippen LogP contribution in [0.25, 0.3) is 0 Å². The second kappa shape index (κ2) is 6.13. The van der Waals surface area contributed by atoms with E-state index in [9.17, 15) is 4.79 Å². The fourth-order valence-corrected chi connectivity index (χ4v) is 2.72. The number of oxazole rings is 1. The van der Waals surface area contributed by atoms with Crippen LogP contribution in [0.1, 0.15) is 35.0 Å². The summed E-state index contributed by atoms with van der Waals surface area (Å²) in [5.74, 6) is 1.29. The molecule has 116 valence electrons. The summed E-state index contributed by atoms with van der Waals surface area (Å²) in [7, 11) is 0. The number of rotatable bonds is 3. The Labute approximate surface area is 128 Å². The minimum atomic E-state index is -0.209. The summed E-state index contributed by atoms with van der Waals surface area (Å²) in [5.41, 5.74) is 0.619. The molecule has 1 atom stereocenters. The lowest BCUT2D eigenvalue weighted by Crippen LogP contribution is -2.48. The van der Waals surface area contributed by atoms with Gasteiger partial charge in [0.1, 0.15) is 0 Å². The first-order valence-corrected chi connectivity index (χ1v) is 7.40. The number of aryl methyl sites for hydroxylation is 2. The molecule has 22 heavy (non-hydrogen) atoms. The van der Waals surface area contributed by atoms with E-state index < -0.39 is 0 Å². The van der Waals surface area contributed by atoms with Gasteiger partial charge >= 0.3 is 0 Å². The quantitative estimate of drug-likeness (QED) is 0.924. The average Bonchev–Trinajstić information content (AvgIpc) is 2.87. The largest absolute Gasteiger partial charge is 0.436 e. The van der Waals surface area contributed by atoms with Crippen molar-refractivity contribution in [3.8, 4) is 0 Å². The molecule has 0 spiro atoms. The third kappa shape index (κ3) is 3.08. The minimum Gasteiger partial charge on any atom is -0.436 e. The van der Waals surface area contributed by atoms with Crippen LogP contribution >= 0.6 is 0 Å². The highest BCUT2D eigenvalue weighted by Gasteiger charge is 2.25. The highest BCUT2D eigenvalue weighted by Crippen LogP contribution is 2.16. The fraction of sp³-hybridized carbons (Fsp3) is 0.467. The standard InChI is InChI=1S/C15H19N5O2/c1-10-13(22-11(2)18-10)14(21)19-12-5-3-8-20(9-12)15-16-6-4-7-17-15/h4,6-7,12H,3,5,8-9H2,1-2H3,(H,19,21)/t12-/m0/s1. The van der Waals surface area contributed by atoms with Crippen molar-refractivity contribution in [1.29, 1.82) is 0 Å². The topological polar surface area (TPSA) is 84.2 Å². The Morgan fingerprint density at radius 1 is 1.36 bits per heavy atom. The summed E-state index contributed by atoms with van der Waals surface area (Å²) in [6, 6.07) is 1.84. The van der Waals surface area contributed by atoms with Gasteiger partial charge in [-0.2, -0.15) is 0 Å². The maximum Gasteiger partial charge on any atom is 0.289 e. The number of carbonyl (C=O) groups excluding carboxylic acids is 1. The minimum absolute atomic E-state index is 0.0508. The molecule has 7 nitrogen and oxygen atoms in total. The van der Waals surface area contributed by atoms with Gasteiger partial charge in [0.25, 0.3) is 5.91 Å². The molecule has 0 aliphatic carbocycles. The van der Waals surface area contributed by atoms with Gasteiger partial charge in [-0.1, -0.05) is 0 Å². The molecule has 2 aromatic rings. The number of piperidine rings is 1. The molecule has 7 heteroatoms. The summed E-state index contributed by atoms with van der Waals surface area (Å²) >= 11 is 0. The van der Waals surface area contributed by atoms with E-state index >= 15 is 0 Å². The van der Waals surface area contributed by atoms with Crippen LogP contribution in [0.4, 0.5) is 5.95 Å². The second-order valence-corrected chi connectivity index (χ2v) is 5.45. The first kappa shape index (κ1) is 14.5. The Balaban J connectivity index is 1.65. The van der Waals surface area contributed by atoms with Crippen molar-refractivity contribution < 1.29 is 9.21 Å². The van der Waals surface area contributed by atoms with Gasteiger partial charge < -0.3 is 14.6 Å². The molecule has 1 aliphatic heterocycles. The Hall–Kier alpha value is -2.44. The molecular weight excluding hydrogens is 282 g/mol. The van der Waals surface area contributed by atoms with Gasteiger partial charge in [0.2, 0.25) is 11.7 Å². The van der Waals surface area contributed by atoms with Gasteiger partial charge in [0.05, 0.1) is 5.69 Å². The molecule has 0 saturated carbocycles. The Morgan fingerprint density at radius 2 is 2.14 bits per heavy atom. The van der Waals surface area contributed by atoms with Gasteiger partial charge in [-0.15, -0.1) is 0 Å². The third-order valence-corrected chi connectivity index (χ3v) is 3.70. The van der Waals surface area contributed by atoms with Crippen LogP contribution in [0, 0.1) is 13.8 Å². The highest BCUT2D eigenvalue weighted by atomic mass is 16.4. The van der Waals surface area contributed by atoms with E-state index in [1.54, 1.807) is 32.3 Å². The number of hydrogen-bond acceptors (Lipinski definition) is 6. The van der Waals surface area contributed by atoms with E-state index in [0.717, 1.165) is 19.4 Å². The molecule has 1 saturated heterocycles. The molecule has 0 radical (unpaired) electrons. The monoisotopic (exact) mass is 301 g/mol. The lowest BCUT2D eigenvalue weighted by atomic mass is 10.1. The van der Waals surface area contributed by atoms with E-state index in [4.69, 9.17) is 4.42 Å². The zero-order valence-corrected chi connectivity index (χ0v) is 12.7. The van der Waals surface area contributed by atoms with Crippen LogP contribution in [0.3, 0.4) is 0 Å². The SMILES string of the molecule is Cc1nc(C)c(C(=O)N[C@H]2CCCN(c3ncccn3)C2)o1. The van der Waals surface area contributed by atoms with Crippen molar-refractivity contribution in [2.24, 2.45) is 0 Å². The molecule has 1 aliphatic rings. The molecule has 3 rings (SSSR count). The van der Waals surface area contributed by atoms with Gasteiger partial charge in [-0.3, -0.25) is 4.79 Å². The number of nitrogens with zero attached hydrogens (tertiary/aromatic N) is 4. The summed E-state index contributed by atoms with van der Waals surface area (Å²) < 4.78 is 5.37. The molecule has 0 unspecified atom stereocenters. The maximum atomic E-state index is 12.3. The van der Waals surface area contributed by atoms with Crippen LogP contribution in [-0.4, -0.2) is 40.0 Å². The van der Waals surface area contributed by atoms with E-state index in [0.29, 0.717) is 29.8 Å². The van der Waals surface area contributed by atoms with Crippen molar-refractivity contribution in [3.05, 3.63) is 35.8 Å². The van der Waals surface area contributed by atoms with Gasteiger partial charge in [-0.25, -0.2) is 15.0 Å². The number of hydrogen-bond donors (Lipinski definition) is 1. The van der Waals surface area contributed by atoms with Crippen molar-refractivity contribution >= 4 is 11.9 Å². The van der Waals surface area contributed by atoms with Crippen molar-refractivity contribution in [3.63, 3.8) is 0 Å². The average molecular weight is 301 g/mol. The number of nitrogens with one attached hydrogen (secondary N) is 1. The van der Waals surface area contributed by atoms with Crippen LogP contribution in [0.15, 0.2) is 22.9 Å². The molecule has 3 heterocycles. The van der Waals surface area contributed by atoms with E-state index in [1.807, 2.05) is 0 Å². The molecule has 0 bridgehead atoms. The Kier molecular flexibility index (Phi) is 4.04. The van der Waals surface area contributed by atoms with Gasteiger partial charge in [0.15, 0.2) is 5.89 Å². The second-order valence-electron chi connectivity index (χ2n) is 5.45. The maximum absolute atomic E-state index is 12.3. The molecule has 1 N–H and O–H groups in total. The molecule has 1 fully saturated rings. The van der Waals surface area contributed by atoms with Gasteiger partial charge in [0, 0.05) is 38.4 Å². The first-order chi connectivity index (χ1) is 10.6. The number of amides is 1. The summed E-state index contributed by atoms with van der Waals surface area (Å²) in [5, 5.41) is 3.02. The van der Waals surface area contributed by atoms with Crippen LogP contribution in [-0.2, 0) is 0 Å². The molecule has 2 aromatic heterocycles.